The van der Waals surface area contributed by atoms with E-state index in [1.807, 2.05) is 0 Å². The lowest BCUT2D eigenvalue weighted by Crippen LogP contribution is -1.91. The third kappa shape index (κ3) is 2.31. The summed E-state index contributed by atoms with van der Waals surface area (Å²) in [5, 5.41) is 10.9. The third-order valence-corrected chi connectivity index (χ3v) is 7.18. The molecular weight excluding hydrogens is 542 g/mol. The molecule has 0 N–H and O–H groups in total. The van der Waals surface area contributed by atoms with Crippen molar-refractivity contribution in [1.82, 2.24) is 0 Å². The van der Waals surface area contributed by atoms with Crippen LogP contribution in [-0.2, 0) is 0 Å². The minimum Gasteiger partial charge on any atom is -0.0614 e. The standard InChI is InChI=1S/C24H16I2/c1-13-5-3-7-15-11-19(25)17-9-10-18-20(26)12-16-8-4-6-14(2)22(16)24(18)23(17)21(13)15/h3-12H,1-2H3. The Hall–Kier alpha value is -1.40. The summed E-state index contributed by atoms with van der Waals surface area (Å²) >= 11 is 4.98. The quantitative estimate of drug-likeness (QED) is 0.133. The van der Waals surface area contributed by atoms with E-state index >= 15 is 0 Å². The van der Waals surface area contributed by atoms with Gasteiger partial charge < -0.3 is 0 Å². The van der Waals surface area contributed by atoms with Crippen LogP contribution < -0.4 is 0 Å². The molecule has 5 aromatic carbocycles. The van der Waals surface area contributed by atoms with Crippen molar-refractivity contribution < 1.29 is 0 Å². The number of halogens is 2. The molecule has 0 aliphatic carbocycles. The van der Waals surface area contributed by atoms with Gasteiger partial charge >= 0.3 is 0 Å². The topological polar surface area (TPSA) is 0 Å². The summed E-state index contributed by atoms with van der Waals surface area (Å²) in [6, 6.07) is 22.5. The van der Waals surface area contributed by atoms with E-state index in [2.05, 4.69) is 120 Å². The molecule has 0 saturated heterocycles. The van der Waals surface area contributed by atoms with Crippen molar-refractivity contribution in [3.63, 3.8) is 0 Å². The zero-order valence-electron chi connectivity index (χ0n) is 14.5. The second-order valence-electron chi connectivity index (χ2n) is 6.97. The zero-order valence-corrected chi connectivity index (χ0v) is 18.8. The average Bonchev–Trinajstić information content (AvgIpc) is 2.61. The molecule has 26 heavy (non-hydrogen) atoms. The Balaban J connectivity index is 2.26. The number of hydrogen-bond donors (Lipinski definition) is 0. The van der Waals surface area contributed by atoms with Crippen molar-refractivity contribution in [3.05, 3.63) is 78.9 Å². The van der Waals surface area contributed by atoms with E-state index in [0.717, 1.165) is 0 Å². The fourth-order valence-electron chi connectivity index (χ4n) is 4.25. The van der Waals surface area contributed by atoms with E-state index < -0.39 is 0 Å². The second-order valence-corrected chi connectivity index (χ2v) is 9.30. The van der Waals surface area contributed by atoms with Gasteiger partial charge in [0.15, 0.2) is 0 Å². The monoisotopic (exact) mass is 558 g/mol. The molecule has 0 aliphatic heterocycles. The molecule has 0 nitrogen and oxygen atoms in total. The van der Waals surface area contributed by atoms with Gasteiger partial charge in [-0.2, -0.15) is 0 Å². The summed E-state index contributed by atoms with van der Waals surface area (Å²) in [4.78, 5) is 0. The molecule has 0 spiro atoms. The summed E-state index contributed by atoms with van der Waals surface area (Å²) < 4.78 is 2.64. The summed E-state index contributed by atoms with van der Waals surface area (Å²) in [6.07, 6.45) is 0. The Morgan fingerprint density at radius 2 is 0.962 bits per heavy atom. The van der Waals surface area contributed by atoms with E-state index in [4.69, 9.17) is 0 Å². The van der Waals surface area contributed by atoms with Gasteiger partial charge in [0.1, 0.15) is 0 Å². The third-order valence-electron chi connectivity index (χ3n) is 5.39. The Bertz CT molecular complexity index is 1260. The van der Waals surface area contributed by atoms with Gasteiger partial charge in [0, 0.05) is 7.14 Å². The largest absolute Gasteiger partial charge is 0.0614 e. The molecule has 2 heteroatoms. The van der Waals surface area contributed by atoms with Gasteiger partial charge in [0.05, 0.1) is 0 Å². The molecule has 0 aromatic heterocycles. The van der Waals surface area contributed by atoms with Crippen LogP contribution in [0.25, 0.3) is 43.1 Å². The molecule has 126 valence electrons. The van der Waals surface area contributed by atoms with Crippen LogP contribution in [-0.4, -0.2) is 0 Å². The highest BCUT2D eigenvalue weighted by Crippen LogP contribution is 2.41. The van der Waals surface area contributed by atoms with Crippen LogP contribution in [0.5, 0.6) is 0 Å². The highest BCUT2D eigenvalue weighted by atomic mass is 127. The summed E-state index contributed by atoms with van der Waals surface area (Å²) in [7, 11) is 0. The number of hydrogen-bond acceptors (Lipinski definition) is 0. The lowest BCUT2D eigenvalue weighted by molar-refractivity contribution is 1.54. The molecular formula is C24H16I2. The molecule has 0 aliphatic rings. The summed E-state index contributed by atoms with van der Waals surface area (Å²) in [6.45, 7) is 4.47. The Morgan fingerprint density at radius 3 is 1.38 bits per heavy atom. The molecule has 0 unspecified atom stereocenters. The number of benzene rings is 5. The Morgan fingerprint density at radius 1 is 0.538 bits per heavy atom. The van der Waals surface area contributed by atoms with Crippen molar-refractivity contribution in [1.29, 1.82) is 0 Å². The van der Waals surface area contributed by atoms with Crippen molar-refractivity contribution in [2.75, 3.05) is 0 Å². The van der Waals surface area contributed by atoms with Gasteiger partial charge in [-0.25, -0.2) is 0 Å². The van der Waals surface area contributed by atoms with Crippen molar-refractivity contribution in [3.8, 4) is 0 Å². The lowest BCUT2D eigenvalue weighted by atomic mass is 9.90. The molecule has 0 saturated carbocycles. The van der Waals surface area contributed by atoms with Gasteiger partial charge in [-0.15, -0.1) is 0 Å². The van der Waals surface area contributed by atoms with E-state index in [-0.39, 0.29) is 0 Å². The lowest BCUT2D eigenvalue weighted by Gasteiger charge is -2.16. The molecule has 0 fully saturated rings. The van der Waals surface area contributed by atoms with E-state index in [9.17, 15) is 0 Å². The molecule has 0 bridgehead atoms. The SMILES string of the molecule is Cc1cccc2cc(I)c3ccc4c(I)cc5cccc(C)c5c4c3c12. The Kier molecular flexibility index (Phi) is 3.90. The zero-order chi connectivity index (χ0) is 18.0. The smallest absolute Gasteiger partial charge is 0.0215 e. The second kappa shape index (κ2) is 6.06. The van der Waals surface area contributed by atoms with Gasteiger partial charge in [-0.3, -0.25) is 0 Å². The molecule has 5 aromatic rings. The van der Waals surface area contributed by atoms with Crippen LogP contribution in [0, 0.1) is 21.0 Å². The maximum absolute atomic E-state index is 2.49. The van der Waals surface area contributed by atoms with Crippen molar-refractivity contribution >= 4 is 88.3 Å². The average molecular weight is 558 g/mol. The first-order valence-electron chi connectivity index (χ1n) is 8.68. The van der Waals surface area contributed by atoms with Crippen molar-refractivity contribution in [2.24, 2.45) is 0 Å². The van der Waals surface area contributed by atoms with Crippen LogP contribution in [0.15, 0.2) is 60.7 Å². The first-order chi connectivity index (χ1) is 12.6. The summed E-state index contributed by atoms with van der Waals surface area (Å²) in [5.74, 6) is 0. The highest BCUT2D eigenvalue weighted by molar-refractivity contribution is 14.1. The van der Waals surface area contributed by atoms with E-state index in [1.54, 1.807) is 0 Å². The number of aryl methyl sites for hydroxylation is 2. The normalized spacial score (nSPS) is 11.8. The summed E-state index contributed by atoms with van der Waals surface area (Å²) in [5.41, 5.74) is 2.69. The van der Waals surface area contributed by atoms with Gasteiger partial charge in [-0.1, -0.05) is 48.5 Å². The van der Waals surface area contributed by atoms with E-state index in [0.29, 0.717) is 0 Å². The van der Waals surface area contributed by atoms with Gasteiger partial charge in [0.25, 0.3) is 0 Å². The van der Waals surface area contributed by atoms with Gasteiger partial charge in [0.2, 0.25) is 0 Å². The predicted octanol–water partition coefficient (Wildman–Crippen LogP) is 8.13. The fourth-order valence-corrected chi connectivity index (χ4v) is 5.82. The number of fused-ring (bicyclic) bond motifs is 7. The predicted molar refractivity (Wildman–Crippen MR) is 131 cm³/mol. The minimum atomic E-state index is 1.32. The number of rotatable bonds is 0. The van der Waals surface area contributed by atoms with Crippen LogP contribution in [0.2, 0.25) is 0 Å². The first kappa shape index (κ1) is 16.8. The van der Waals surface area contributed by atoms with E-state index in [1.165, 1.54) is 61.4 Å². The van der Waals surface area contributed by atoms with Crippen molar-refractivity contribution in [2.45, 2.75) is 13.8 Å². The molecule has 0 heterocycles. The maximum Gasteiger partial charge on any atom is 0.0215 e. The first-order valence-corrected chi connectivity index (χ1v) is 10.8. The van der Waals surface area contributed by atoms with Crippen LogP contribution in [0.1, 0.15) is 11.1 Å². The molecule has 5 rings (SSSR count). The molecule has 0 atom stereocenters. The Labute approximate surface area is 179 Å². The highest BCUT2D eigenvalue weighted by Gasteiger charge is 2.15. The minimum absolute atomic E-state index is 1.32. The maximum atomic E-state index is 2.49. The van der Waals surface area contributed by atoms with Crippen LogP contribution in [0.4, 0.5) is 0 Å². The molecule has 0 amide bonds. The molecule has 0 radical (unpaired) electrons. The van der Waals surface area contributed by atoms with Gasteiger partial charge in [-0.05, 0) is 125 Å². The van der Waals surface area contributed by atoms with Crippen LogP contribution >= 0.6 is 45.2 Å². The van der Waals surface area contributed by atoms with Crippen LogP contribution in [0.3, 0.4) is 0 Å². The fraction of sp³-hybridized carbons (Fsp3) is 0.0833.